The Morgan fingerprint density at radius 2 is 2.12 bits per heavy atom. The monoisotopic (exact) mass is 352 g/mol. The molecule has 0 aliphatic carbocycles. The predicted molar refractivity (Wildman–Crippen MR) is 98.7 cm³/mol. The molecule has 3 N–H and O–H groups in total. The van der Waals surface area contributed by atoms with Gasteiger partial charge in [0, 0.05) is 11.3 Å². The molecule has 0 bridgehead atoms. The highest BCUT2D eigenvalue weighted by atomic mass is 16.5. The summed E-state index contributed by atoms with van der Waals surface area (Å²) in [6, 6.07) is 10.0. The topological polar surface area (TPSA) is 96.9 Å². The van der Waals surface area contributed by atoms with Crippen molar-refractivity contribution in [3.05, 3.63) is 52.5 Å². The van der Waals surface area contributed by atoms with Crippen LogP contribution in [0, 0.1) is 11.3 Å². The van der Waals surface area contributed by atoms with Gasteiger partial charge in [-0.2, -0.15) is 5.26 Å². The van der Waals surface area contributed by atoms with Gasteiger partial charge in [-0.05, 0) is 18.9 Å². The molecule has 6 heteroatoms. The minimum atomic E-state index is -0.345. The van der Waals surface area contributed by atoms with Gasteiger partial charge in [-0.1, -0.05) is 44.9 Å². The first-order valence-corrected chi connectivity index (χ1v) is 9.07. The number of fused-ring (bicyclic) bond motifs is 1. The Hall–Kier alpha value is -2.94. The fraction of sp³-hybridized carbons (Fsp3) is 0.400. The van der Waals surface area contributed by atoms with Gasteiger partial charge in [0.15, 0.2) is 0 Å². The third-order valence-corrected chi connectivity index (χ3v) is 4.50. The molecule has 0 fully saturated rings. The van der Waals surface area contributed by atoms with E-state index in [4.69, 9.17) is 15.2 Å². The summed E-state index contributed by atoms with van der Waals surface area (Å²) in [5, 5.41) is 17.1. The lowest BCUT2D eigenvalue weighted by Gasteiger charge is -2.25. The molecule has 1 aromatic carbocycles. The summed E-state index contributed by atoms with van der Waals surface area (Å²) in [5.41, 5.74) is 9.17. The number of nitrogens with one attached hydrogen (secondary N) is 1. The van der Waals surface area contributed by atoms with E-state index in [1.54, 1.807) is 0 Å². The number of H-pyrrole nitrogens is 1. The molecule has 1 atom stereocenters. The van der Waals surface area contributed by atoms with E-state index in [0.717, 1.165) is 48.3 Å². The highest BCUT2D eigenvalue weighted by molar-refractivity contribution is 5.58. The molecule has 0 saturated heterocycles. The van der Waals surface area contributed by atoms with Crippen molar-refractivity contribution in [2.45, 2.75) is 45.4 Å². The van der Waals surface area contributed by atoms with Gasteiger partial charge in [0.05, 0.1) is 18.1 Å². The Labute approximate surface area is 153 Å². The Kier molecular flexibility index (Phi) is 5.47. The number of allylic oxidation sites excluding steroid dienone is 1. The lowest BCUT2D eigenvalue weighted by atomic mass is 9.83. The number of aryl methyl sites for hydroxylation is 1. The van der Waals surface area contributed by atoms with Crippen molar-refractivity contribution in [2.24, 2.45) is 5.73 Å². The smallest absolute Gasteiger partial charge is 0.244 e. The lowest BCUT2D eigenvalue weighted by molar-refractivity contribution is 0.305. The van der Waals surface area contributed by atoms with Gasteiger partial charge in [-0.15, -0.1) is 5.10 Å². The van der Waals surface area contributed by atoms with E-state index >= 15 is 0 Å². The molecule has 0 saturated carbocycles. The molecule has 1 aliphatic rings. The average molecular weight is 352 g/mol. The van der Waals surface area contributed by atoms with E-state index in [1.807, 2.05) is 24.3 Å². The molecule has 1 unspecified atom stereocenters. The molecular weight excluding hydrogens is 328 g/mol. The van der Waals surface area contributed by atoms with E-state index in [0.29, 0.717) is 18.1 Å². The number of para-hydroxylation sites is 1. The highest BCUT2D eigenvalue weighted by Crippen LogP contribution is 2.45. The predicted octanol–water partition coefficient (Wildman–Crippen LogP) is 3.76. The summed E-state index contributed by atoms with van der Waals surface area (Å²) in [7, 11) is 0. The van der Waals surface area contributed by atoms with Crippen LogP contribution in [0.15, 0.2) is 35.7 Å². The summed E-state index contributed by atoms with van der Waals surface area (Å²) in [5.74, 6) is 0.964. The Bertz CT molecular complexity index is 848. The van der Waals surface area contributed by atoms with Crippen molar-refractivity contribution in [3.8, 4) is 17.7 Å². The molecule has 136 valence electrons. The number of hydrogen-bond donors (Lipinski definition) is 2. The second kappa shape index (κ2) is 7.96. The van der Waals surface area contributed by atoms with Gasteiger partial charge < -0.3 is 15.2 Å². The van der Waals surface area contributed by atoms with Crippen LogP contribution in [0.1, 0.15) is 55.8 Å². The number of nitriles is 1. The van der Waals surface area contributed by atoms with Crippen LogP contribution in [0.2, 0.25) is 0 Å². The summed E-state index contributed by atoms with van der Waals surface area (Å²) in [6.07, 6.45) is 3.81. The maximum absolute atomic E-state index is 9.74. The molecule has 1 aromatic heterocycles. The molecule has 6 nitrogen and oxygen atoms in total. The van der Waals surface area contributed by atoms with Gasteiger partial charge in [0.25, 0.3) is 0 Å². The zero-order chi connectivity index (χ0) is 18.5. The zero-order valence-corrected chi connectivity index (χ0v) is 15.2. The molecular formula is C20H24N4O2. The van der Waals surface area contributed by atoms with Crippen LogP contribution >= 0.6 is 0 Å². The first kappa shape index (κ1) is 17.9. The molecule has 0 amide bonds. The quantitative estimate of drug-likeness (QED) is 0.740. The normalized spacial score (nSPS) is 16.0. The summed E-state index contributed by atoms with van der Waals surface area (Å²) in [6.45, 7) is 4.86. The first-order valence-electron chi connectivity index (χ1n) is 9.07. The largest absolute Gasteiger partial charge is 0.493 e. The van der Waals surface area contributed by atoms with Crippen molar-refractivity contribution in [1.29, 1.82) is 5.26 Å². The van der Waals surface area contributed by atoms with Crippen molar-refractivity contribution < 1.29 is 9.47 Å². The molecule has 2 heterocycles. The highest BCUT2D eigenvalue weighted by Gasteiger charge is 2.36. The fourth-order valence-electron chi connectivity index (χ4n) is 3.24. The van der Waals surface area contributed by atoms with Crippen LogP contribution in [-0.4, -0.2) is 16.8 Å². The average Bonchev–Trinajstić information content (AvgIpc) is 3.04. The maximum atomic E-state index is 9.74. The van der Waals surface area contributed by atoms with E-state index in [9.17, 15) is 5.26 Å². The molecule has 0 radical (unpaired) electrons. The third kappa shape index (κ3) is 3.25. The summed E-state index contributed by atoms with van der Waals surface area (Å²) in [4.78, 5) is 0. The Balaban J connectivity index is 2.11. The van der Waals surface area contributed by atoms with Crippen molar-refractivity contribution in [3.63, 3.8) is 0 Å². The number of ether oxygens (including phenoxy) is 2. The second-order valence-electron chi connectivity index (χ2n) is 6.34. The minimum absolute atomic E-state index is 0.0999. The third-order valence-electron chi connectivity index (χ3n) is 4.50. The van der Waals surface area contributed by atoms with E-state index in [-0.39, 0.29) is 11.8 Å². The number of rotatable bonds is 7. The molecule has 1 aliphatic heterocycles. The maximum Gasteiger partial charge on any atom is 0.244 e. The van der Waals surface area contributed by atoms with Gasteiger partial charge in [-0.3, -0.25) is 5.10 Å². The lowest BCUT2D eigenvalue weighted by Crippen LogP contribution is -2.21. The van der Waals surface area contributed by atoms with E-state index in [2.05, 4.69) is 30.1 Å². The van der Waals surface area contributed by atoms with Crippen molar-refractivity contribution in [1.82, 2.24) is 10.2 Å². The first-order chi connectivity index (χ1) is 12.7. The van der Waals surface area contributed by atoms with Crippen LogP contribution < -0.4 is 15.2 Å². The van der Waals surface area contributed by atoms with Crippen LogP contribution in [-0.2, 0) is 6.42 Å². The second-order valence-corrected chi connectivity index (χ2v) is 6.34. The number of aromatic amines is 1. The van der Waals surface area contributed by atoms with E-state index in [1.165, 1.54) is 0 Å². The fourth-order valence-corrected chi connectivity index (χ4v) is 3.24. The minimum Gasteiger partial charge on any atom is -0.493 e. The molecule has 0 spiro atoms. The number of aromatic nitrogens is 2. The van der Waals surface area contributed by atoms with Gasteiger partial charge >= 0.3 is 0 Å². The SMILES string of the molecule is CCCCOc1ccccc1C1C(C#N)=C(N)Oc2n[nH]c(CCC)c21. The van der Waals surface area contributed by atoms with Gasteiger partial charge in [0.1, 0.15) is 17.4 Å². The van der Waals surface area contributed by atoms with Gasteiger partial charge in [-0.25, -0.2) is 0 Å². The number of unbranched alkanes of at least 4 members (excludes halogenated alkanes) is 1. The number of hydrogen-bond acceptors (Lipinski definition) is 5. The Morgan fingerprint density at radius 1 is 1.31 bits per heavy atom. The van der Waals surface area contributed by atoms with Crippen LogP contribution in [0.3, 0.4) is 0 Å². The molecule has 2 aromatic rings. The van der Waals surface area contributed by atoms with Crippen molar-refractivity contribution in [2.75, 3.05) is 6.61 Å². The van der Waals surface area contributed by atoms with Gasteiger partial charge in [0.2, 0.25) is 11.8 Å². The number of benzene rings is 1. The standard InChI is InChI=1S/C20H24N4O2/c1-3-5-11-25-16-10-7-6-9-13(16)17-14(12-21)19(22)26-20-18(17)15(8-4-2)23-24-20/h6-7,9-10,17H,3-5,8,11,22H2,1-2H3,(H,23,24). The van der Waals surface area contributed by atoms with Crippen LogP contribution in [0.5, 0.6) is 11.6 Å². The Morgan fingerprint density at radius 3 is 2.85 bits per heavy atom. The number of nitrogens with two attached hydrogens (primary N) is 1. The molecule has 26 heavy (non-hydrogen) atoms. The van der Waals surface area contributed by atoms with E-state index < -0.39 is 0 Å². The molecule has 3 rings (SSSR count). The van der Waals surface area contributed by atoms with Crippen LogP contribution in [0.4, 0.5) is 0 Å². The van der Waals surface area contributed by atoms with Crippen LogP contribution in [0.25, 0.3) is 0 Å². The zero-order valence-electron chi connectivity index (χ0n) is 15.2. The summed E-state index contributed by atoms with van der Waals surface area (Å²) < 4.78 is 11.6. The summed E-state index contributed by atoms with van der Waals surface area (Å²) >= 11 is 0. The number of nitrogens with zero attached hydrogens (tertiary/aromatic N) is 2. The van der Waals surface area contributed by atoms with Crippen molar-refractivity contribution >= 4 is 0 Å².